The van der Waals surface area contributed by atoms with Gasteiger partial charge < -0.3 is 10.0 Å². The summed E-state index contributed by atoms with van der Waals surface area (Å²) in [5, 5.41) is 9.00. The number of aromatic carboxylic acids is 1. The summed E-state index contributed by atoms with van der Waals surface area (Å²) in [6, 6.07) is 6.97. The fourth-order valence-corrected chi connectivity index (χ4v) is 3.60. The molecule has 0 aromatic carbocycles. The molecule has 5 nitrogen and oxygen atoms in total. The summed E-state index contributed by atoms with van der Waals surface area (Å²) in [6.45, 7) is 0.693. The number of nitrogens with zero attached hydrogens (tertiary/aromatic N) is 2. The van der Waals surface area contributed by atoms with E-state index in [1.807, 2.05) is 17.0 Å². The molecule has 2 aromatic heterocycles. The van der Waals surface area contributed by atoms with Gasteiger partial charge in [0.05, 0.1) is 10.9 Å². The molecule has 3 heterocycles. The maximum absolute atomic E-state index is 12.7. The third-order valence-corrected chi connectivity index (χ3v) is 4.92. The van der Waals surface area contributed by atoms with Crippen molar-refractivity contribution in [2.45, 2.75) is 25.3 Å². The number of carbonyl (C=O) groups is 2. The van der Waals surface area contributed by atoms with Gasteiger partial charge in [0.2, 0.25) is 0 Å². The lowest BCUT2D eigenvalue weighted by Gasteiger charge is -2.35. The molecule has 1 aliphatic heterocycles. The molecule has 1 N–H and O–H groups in total. The second kappa shape index (κ2) is 6.27. The predicted molar refractivity (Wildman–Crippen MR) is 83.1 cm³/mol. The summed E-state index contributed by atoms with van der Waals surface area (Å²) >= 11 is 1.03. The van der Waals surface area contributed by atoms with Gasteiger partial charge in [-0.05, 0) is 43.0 Å². The van der Waals surface area contributed by atoms with Crippen molar-refractivity contribution in [3.63, 3.8) is 0 Å². The first-order valence-corrected chi connectivity index (χ1v) is 8.02. The molecular formula is C16H16N2O3S. The highest BCUT2D eigenvalue weighted by molar-refractivity contribution is 7.15. The third-order valence-electron chi connectivity index (χ3n) is 3.86. The number of rotatable bonds is 3. The number of hydrogen-bond acceptors (Lipinski definition) is 4. The molecule has 1 saturated heterocycles. The Kier molecular flexibility index (Phi) is 4.20. The molecule has 1 aliphatic rings. The topological polar surface area (TPSA) is 70.5 Å². The highest BCUT2D eigenvalue weighted by Crippen LogP contribution is 2.32. The molecule has 0 spiro atoms. The summed E-state index contributed by atoms with van der Waals surface area (Å²) in [5.41, 5.74) is 1.03. The van der Waals surface area contributed by atoms with Crippen molar-refractivity contribution in [1.29, 1.82) is 0 Å². The van der Waals surface area contributed by atoms with E-state index in [9.17, 15) is 9.59 Å². The number of carboxylic acids is 1. The van der Waals surface area contributed by atoms with E-state index in [2.05, 4.69) is 4.98 Å². The number of thiophene rings is 1. The minimum atomic E-state index is -0.994. The molecule has 0 aliphatic carbocycles. The lowest BCUT2D eigenvalue weighted by atomic mass is 9.96. The van der Waals surface area contributed by atoms with Crippen molar-refractivity contribution in [3.05, 3.63) is 52.0 Å². The van der Waals surface area contributed by atoms with Gasteiger partial charge in [0, 0.05) is 18.9 Å². The summed E-state index contributed by atoms with van der Waals surface area (Å²) < 4.78 is 0. The molecule has 0 bridgehead atoms. The number of hydrogen-bond donors (Lipinski definition) is 1. The van der Waals surface area contributed by atoms with Crippen LogP contribution in [0, 0.1) is 0 Å². The van der Waals surface area contributed by atoms with E-state index in [1.165, 1.54) is 6.07 Å². The lowest BCUT2D eigenvalue weighted by molar-refractivity contribution is 0.0615. The molecule has 1 atom stereocenters. The van der Waals surface area contributed by atoms with Crippen LogP contribution in [-0.4, -0.2) is 33.4 Å². The first-order valence-electron chi connectivity index (χ1n) is 7.21. The Morgan fingerprint density at radius 1 is 1.23 bits per heavy atom. The maximum Gasteiger partial charge on any atom is 0.345 e. The second-order valence-corrected chi connectivity index (χ2v) is 6.35. The molecule has 0 radical (unpaired) electrons. The van der Waals surface area contributed by atoms with Gasteiger partial charge in [-0.25, -0.2) is 4.79 Å². The number of carbonyl (C=O) groups excluding carboxylic acids is 1. The van der Waals surface area contributed by atoms with Crippen molar-refractivity contribution in [2.24, 2.45) is 0 Å². The standard InChI is InChI=1S/C16H16N2O3S/c19-15(13-6-7-14(22-13)16(20)21)18-9-2-1-5-12(18)11-4-3-8-17-10-11/h3-4,6-8,10,12H,1-2,5,9H2,(H,20,21)/t12-/m1/s1. The Balaban J connectivity index is 1.86. The van der Waals surface area contributed by atoms with Crippen molar-refractivity contribution in [2.75, 3.05) is 6.54 Å². The van der Waals surface area contributed by atoms with Crippen LogP contribution in [0.25, 0.3) is 0 Å². The summed E-state index contributed by atoms with van der Waals surface area (Å²) in [4.78, 5) is 30.4. The Hall–Kier alpha value is -2.21. The monoisotopic (exact) mass is 316 g/mol. The zero-order valence-electron chi connectivity index (χ0n) is 11.9. The van der Waals surface area contributed by atoms with Gasteiger partial charge in [-0.1, -0.05) is 6.07 Å². The third kappa shape index (κ3) is 2.87. The van der Waals surface area contributed by atoms with Crippen LogP contribution in [0.4, 0.5) is 0 Å². The number of amides is 1. The fraction of sp³-hybridized carbons (Fsp3) is 0.312. The SMILES string of the molecule is O=C(O)c1ccc(C(=O)N2CCCC[C@@H]2c2cccnc2)s1. The quantitative estimate of drug-likeness (QED) is 0.944. The summed E-state index contributed by atoms with van der Waals surface area (Å²) in [5.74, 6) is -1.09. The van der Waals surface area contributed by atoms with E-state index >= 15 is 0 Å². The van der Waals surface area contributed by atoms with E-state index in [0.717, 1.165) is 36.2 Å². The van der Waals surface area contributed by atoms with E-state index in [1.54, 1.807) is 18.5 Å². The van der Waals surface area contributed by atoms with Crippen LogP contribution in [0.2, 0.25) is 0 Å². The highest BCUT2D eigenvalue weighted by Gasteiger charge is 2.29. The number of carboxylic acid groups (broad SMARTS) is 1. The summed E-state index contributed by atoms with van der Waals surface area (Å²) in [6.07, 6.45) is 6.48. The number of piperidine rings is 1. The van der Waals surface area contributed by atoms with Crippen LogP contribution in [0.5, 0.6) is 0 Å². The average Bonchev–Trinajstić information content (AvgIpc) is 3.05. The van der Waals surface area contributed by atoms with Crippen molar-refractivity contribution in [3.8, 4) is 0 Å². The van der Waals surface area contributed by atoms with Crippen molar-refractivity contribution < 1.29 is 14.7 Å². The predicted octanol–water partition coefficient (Wildman–Crippen LogP) is 3.21. The van der Waals surface area contributed by atoms with Crippen molar-refractivity contribution >= 4 is 23.2 Å². The van der Waals surface area contributed by atoms with Crippen LogP contribution in [0.15, 0.2) is 36.7 Å². The lowest BCUT2D eigenvalue weighted by Crippen LogP contribution is -2.38. The highest BCUT2D eigenvalue weighted by atomic mass is 32.1. The second-order valence-electron chi connectivity index (χ2n) is 5.27. The van der Waals surface area contributed by atoms with Gasteiger partial charge in [0.15, 0.2) is 0 Å². The number of aromatic nitrogens is 1. The fourth-order valence-electron chi connectivity index (χ4n) is 2.80. The van der Waals surface area contributed by atoms with Crippen LogP contribution >= 0.6 is 11.3 Å². The Labute approximate surface area is 132 Å². The minimum absolute atomic E-state index is 0.0188. The van der Waals surface area contributed by atoms with E-state index < -0.39 is 5.97 Å². The smallest absolute Gasteiger partial charge is 0.345 e. The van der Waals surface area contributed by atoms with E-state index in [-0.39, 0.29) is 16.8 Å². The number of pyridine rings is 1. The van der Waals surface area contributed by atoms with Gasteiger partial charge in [-0.2, -0.15) is 0 Å². The van der Waals surface area contributed by atoms with Gasteiger partial charge in [0.1, 0.15) is 4.88 Å². The van der Waals surface area contributed by atoms with Gasteiger partial charge in [-0.15, -0.1) is 11.3 Å². The molecule has 0 saturated carbocycles. The number of likely N-dealkylation sites (tertiary alicyclic amines) is 1. The maximum atomic E-state index is 12.7. The molecule has 22 heavy (non-hydrogen) atoms. The summed E-state index contributed by atoms with van der Waals surface area (Å²) in [7, 11) is 0. The van der Waals surface area contributed by atoms with Gasteiger partial charge in [-0.3, -0.25) is 9.78 Å². The van der Waals surface area contributed by atoms with Crippen LogP contribution < -0.4 is 0 Å². The van der Waals surface area contributed by atoms with Gasteiger partial charge >= 0.3 is 5.97 Å². The van der Waals surface area contributed by atoms with Crippen LogP contribution in [0.3, 0.4) is 0 Å². The average molecular weight is 316 g/mol. The molecule has 114 valence electrons. The van der Waals surface area contributed by atoms with Gasteiger partial charge in [0.25, 0.3) is 5.91 Å². The van der Waals surface area contributed by atoms with Crippen LogP contribution in [0.1, 0.15) is 50.2 Å². The first-order chi connectivity index (χ1) is 10.7. The molecule has 0 unspecified atom stereocenters. The Morgan fingerprint density at radius 2 is 2.05 bits per heavy atom. The normalized spacial score (nSPS) is 18.2. The first kappa shape index (κ1) is 14.7. The molecule has 6 heteroatoms. The largest absolute Gasteiger partial charge is 0.477 e. The zero-order valence-corrected chi connectivity index (χ0v) is 12.8. The molecule has 1 amide bonds. The molecule has 3 rings (SSSR count). The van der Waals surface area contributed by atoms with Crippen molar-refractivity contribution in [1.82, 2.24) is 9.88 Å². The molecular weight excluding hydrogens is 300 g/mol. The molecule has 2 aromatic rings. The molecule has 1 fully saturated rings. The Bertz CT molecular complexity index is 684. The van der Waals surface area contributed by atoms with Crippen LogP contribution in [-0.2, 0) is 0 Å². The minimum Gasteiger partial charge on any atom is -0.477 e. The van der Waals surface area contributed by atoms with E-state index in [0.29, 0.717) is 11.4 Å². The van der Waals surface area contributed by atoms with E-state index in [4.69, 9.17) is 5.11 Å². The zero-order chi connectivity index (χ0) is 15.5. The Morgan fingerprint density at radius 3 is 2.73 bits per heavy atom.